The molecule has 0 atom stereocenters. The van der Waals surface area contributed by atoms with E-state index in [1.807, 2.05) is 42.2 Å². The molecule has 0 saturated heterocycles. The maximum atomic E-state index is 13.6. The molecule has 0 radical (unpaired) electrons. The normalized spacial score (nSPS) is 13.4. The maximum absolute atomic E-state index is 13.6. The molecule has 1 saturated carbocycles. The second-order valence-corrected chi connectivity index (χ2v) is 9.59. The number of aryl methyl sites for hydroxylation is 2. The molecule has 6 nitrogen and oxygen atoms in total. The van der Waals surface area contributed by atoms with Crippen LogP contribution in [0.3, 0.4) is 0 Å². The highest BCUT2D eigenvalue weighted by Crippen LogP contribution is 2.34. The molecule has 2 heterocycles. The van der Waals surface area contributed by atoms with Crippen LogP contribution in [-0.4, -0.2) is 40.4 Å². The summed E-state index contributed by atoms with van der Waals surface area (Å²) < 4.78 is 5.74. The molecule has 1 aliphatic carbocycles. The number of oxazole rings is 1. The zero-order chi connectivity index (χ0) is 22.1. The first-order chi connectivity index (χ1) is 15.6. The Bertz CT molecular complexity index is 1220. The van der Waals surface area contributed by atoms with E-state index in [-0.39, 0.29) is 5.91 Å². The van der Waals surface area contributed by atoms with Crippen molar-refractivity contribution in [3.05, 3.63) is 64.8 Å². The molecular weight excluding hydrogens is 420 g/mol. The largest absolute Gasteiger partial charge is 0.424 e. The first kappa shape index (κ1) is 20.7. The number of aromatic nitrogens is 2. The Hall–Kier alpha value is -3.19. The number of nitrogens with one attached hydrogen (secondary N) is 1. The minimum Gasteiger partial charge on any atom is -0.424 e. The van der Waals surface area contributed by atoms with Gasteiger partial charge in [-0.2, -0.15) is 4.98 Å². The van der Waals surface area contributed by atoms with Crippen LogP contribution in [0.25, 0.3) is 21.5 Å². The van der Waals surface area contributed by atoms with Crippen molar-refractivity contribution in [1.82, 2.24) is 14.9 Å². The average Bonchev–Trinajstić information content (AvgIpc) is 3.37. The van der Waals surface area contributed by atoms with Gasteiger partial charge >= 0.3 is 0 Å². The molecule has 4 aromatic rings. The lowest BCUT2D eigenvalue weighted by Crippen LogP contribution is -2.37. The summed E-state index contributed by atoms with van der Waals surface area (Å²) in [7, 11) is 0. The lowest BCUT2D eigenvalue weighted by atomic mass is 10.1. The quantitative estimate of drug-likeness (QED) is 0.385. The third-order valence-corrected chi connectivity index (χ3v) is 6.65. The van der Waals surface area contributed by atoms with Crippen LogP contribution in [0.1, 0.15) is 33.9 Å². The monoisotopic (exact) mass is 446 g/mol. The smallest absolute Gasteiger partial charge is 0.295 e. The summed E-state index contributed by atoms with van der Waals surface area (Å²) in [5.74, 6) is 0.586. The van der Waals surface area contributed by atoms with Crippen LogP contribution >= 0.6 is 11.3 Å². The molecule has 32 heavy (non-hydrogen) atoms. The van der Waals surface area contributed by atoms with E-state index < -0.39 is 0 Å². The van der Waals surface area contributed by atoms with Crippen LogP contribution in [-0.2, 0) is 0 Å². The SMILES string of the molecule is Cc1cccc(-c2sc(C)nc2C(=O)N(CCNc2nc3ccccc3o2)CC2CC2)c1. The lowest BCUT2D eigenvalue weighted by molar-refractivity contribution is 0.0749. The van der Waals surface area contributed by atoms with Crippen LogP contribution < -0.4 is 5.32 Å². The zero-order valence-electron chi connectivity index (χ0n) is 18.3. The number of thiazole rings is 1. The molecule has 1 amide bonds. The fourth-order valence-electron chi connectivity index (χ4n) is 3.84. The van der Waals surface area contributed by atoms with Crippen molar-refractivity contribution in [2.45, 2.75) is 26.7 Å². The summed E-state index contributed by atoms with van der Waals surface area (Å²) in [4.78, 5) is 25.6. The summed E-state index contributed by atoms with van der Waals surface area (Å²) in [5, 5.41) is 4.14. The minimum atomic E-state index is -0.00267. The fourth-order valence-corrected chi connectivity index (χ4v) is 4.74. The van der Waals surface area contributed by atoms with Crippen LogP contribution in [0, 0.1) is 19.8 Å². The number of amides is 1. The number of nitrogens with zero attached hydrogens (tertiary/aromatic N) is 3. The molecule has 0 bridgehead atoms. The minimum absolute atomic E-state index is 0.00267. The van der Waals surface area contributed by atoms with Crippen molar-refractivity contribution in [2.24, 2.45) is 5.92 Å². The number of hydrogen-bond donors (Lipinski definition) is 1. The summed E-state index contributed by atoms with van der Waals surface area (Å²) in [5.41, 5.74) is 4.35. The zero-order valence-corrected chi connectivity index (χ0v) is 19.1. The van der Waals surface area contributed by atoms with Crippen LogP contribution in [0.5, 0.6) is 0 Å². The Morgan fingerprint density at radius 3 is 2.78 bits per heavy atom. The van der Waals surface area contributed by atoms with Gasteiger partial charge in [-0.25, -0.2) is 4.98 Å². The van der Waals surface area contributed by atoms with E-state index in [0.717, 1.165) is 33.1 Å². The number of para-hydroxylation sites is 2. The number of carbonyl (C=O) groups excluding carboxylic acids is 1. The van der Waals surface area contributed by atoms with Gasteiger partial charge in [0.25, 0.3) is 11.9 Å². The van der Waals surface area contributed by atoms with Crippen molar-refractivity contribution >= 4 is 34.4 Å². The second kappa shape index (κ2) is 8.74. The molecule has 164 valence electrons. The van der Waals surface area contributed by atoms with E-state index in [0.29, 0.717) is 30.7 Å². The first-order valence-electron chi connectivity index (χ1n) is 11.0. The van der Waals surface area contributed by atoms with Gasteiger partial charge in [0.2, 0.25) is 0 Å². The van der Waals surface area contributed by atoms with Crippen molar-refractivity contribution in [2.75, 3.05) is 25.0 Å². The van der Waals surface area contributed by atoms with E-state index in [4.69, 9.17) is 4.42 Å². The van der Waals surface area contributed by atoms with Crippen molar-refractivity contribution in [3.8, 4) is 10.4 Å². The summed E-state index contributed by atoms with van der Waals surface area (Å²) in [6.45, 7) is 5.92. The van der Waals surface area contributed by atoms with E-state index in [1.165, 1.54) is 18.4 Å². The molecule has 0 spiro atoms. The summed E-state index contributed by atoms with van der Waals surface area (Å²) in [6.07, 6.45) is 2.37. The Balaban J connectivity index is 1.33. The highest BCUT2D eigenvalue weighted by Gasteiger charge is 2.30. The third-order valence-electron chi connectivity index (χ3n) is 5.63. The number of rotatable bonds is 8. The number of hydrogen-bond acceptors (Lipinski definition) is 6. The predicted octanol–water partition coefficient (Wildman–Crippen LogP) is 5.53. The van der Waals surface area contributed by atoms with E-state index in [2.05, 4.69) is 40.4 Å². The van der Waals surface area contributed by atoms with Crippen molar-refractivity contribution in [3.63, 3.8) is 0 Å². The molecule has 1 N–H and O–H groups in total. The van der Waals surface area contributed by atoms with Gasteiger partial charge in [0.05, 0.1) is 9.88 Å². The Morgan fingerprint density at radius 1 is 1.16 bits per heavy atom. The van der Waals surface area contributed by atoms with Gasteiger partial charge in [0.1, 0.15) is 11.2 Å². The number of carbonyl (C=O) groups is 1. The molecular formula is C25H26N4O2S. The molecule has 5 rings (SSSR count). The summed E-state index contributed by atoms with van der Waals surface area (Å²) >= 11 is 1.58. The number of fused-ring (bicyclic) bond motifs is 1. The topological polar surface area (TPSA) is 71.3 Å². The van der Waals surface area contributed by atoms with Crippen molar-refractivity contribution in [1.29, 1.82) is 0 Å². The maximum Gasteiger partial charge on any atom is 0.295 e. The van der Waals surface area contributed by atoms with Gasteiger partial charge in [-0.05, 0) is 50.3 Å². The lowest BCUT2D eigenvalue weighted by Gasteiger charge is -2.22. The Labute approximate surface area is 191 Å². The molecule has 1 aliphatic rings. The third kappa shape index (κ3) is 4.53. The van der Waals surface area contributed by atoms with Gasteiger partial charge in [-0.15, -0.1) is 11.3 Å². The highest BCUT2D eigenvalue weighted by atomic mass is 32.1. The second-order valence-electron chi connectivity index (χ2n) is 8.39. The molecule has 2 aromatic carbocycles. The number of benzene rings is 2. The van der Waals surface area contributed by atoms with Crippen molar-refractivity contribution < 1.29 is 9.21 Å². The molecule has 7 heteroatoms. The standard InChI is InChI=1S/C25H26N4O2S/c1-16-6-5-7-19(14-16)23-22(27-17(2)32-23)24(30)29(15-18-10-11-18)13-12-26-25-28-20-8-3-4-9-21(20)31-25/h3-9,14,18H,10-13,15H2,1-2H3,(H,26,28). The van der Waals surface area contributed by atoms with Gasteiger partial charge in [-0.1, -0.05) is 42.0 Å². The predicted molar refractivity (Wildman–Crippen MR) is 128 cm³/mol. The Morgan fingerprint density at radius 2 is 2.00 bits per heavy atom. The van der Waals surface area contributed by atoms with Gasteiger partial charge in [0.15, 0.2) is 5.58 Å². The fraction of sp³-hybridized carbons (Fsp3) is 0.320. The van der Waals surface area contributed by atoms with E-state index in [1.54, 1.807) is 11.3 Å². The van der Waals surface area contributed by atoms with Crippen LogP contribution in [0.4, 0.5) is 6.01 Å². The average molecular weight is 447 g/mol. The van der Waals surface area contributed by atoms with Gasteiger partial charge < -0.3 is 14.6 Å². The van der Waals surface area contributed by atoms with Gasteiger partial charge in [0, 0.05) is 19.6 Å². The molecule has 0 aliphatic heterocycles. The van der Waals surface area contributed by atoms with E-state index >= 15 is 0 Å². The molecule has 1 fully saturated rings. The van der Waals surface area contributed by atoms with Gasteiger partial charge in [-0.3, -0.25) is 4.79 Å². The number of anilines is 1. The van der Waals surface area contributed by atoms with Crippen LogP contribution in [0.15, 0.2) is 52.9 Å². The first-order valence-corrected chi connectivity index (χ1v) is 11.8. The molecule has 0 unspecified atom stereocenters. The summed E-state index contributed by atoms with van der Waals surface area (Å²) in [6, 6.07) is 16.4. The van der Waals surface area contributed by atoms with E-state index in [9.17, 15) is 4.79 Å². The Kier molecular flexibility index (Phi) is 5.66. The molecule has 2 aromatic heterocycles. The van der Waals surface area contributed by atoms with Crippen LogP contribution in [0.2, 0.25) is 0 Å². The highest BCUT2D eigenvalue weighted by molar-refractivity contribution is 7.15.